The van der Waals surface area contributed by atoms with Crippen LogP contribution in [-0.2, 0) is 4.79 Å². The van der Waals surface area contributed by atoms with Gasteiger partial charge >= 0.3 is 0 Å². The second-order valence-corrected chi connectivity index (χ2v) is 7.59. The Morgan fingerprint density at radius 1 is 1.42 bits per heavy atom. The monoisotopic (exact) mass is 408 g/mol. The van der Waals surface area contributed by atoms with E-state index in [1.807, 2.05) is 43.5 Å². The minimum Gasteiger partial charge on any atom is -0.483 e. The van der Waals surface area contributed by atoms with Crippen LogP contribution in [0.2, 0.25) is 0 Å². The molecule has 1 heterocycles. The van der Waals surface area contributed by atoms with Crippen molar-refractivity contribution in [3.63, 3.8) is 0 Å². The lowest BCUT2D eigenvalue weighted by atomic mass is 10.0. The van der Waals surface area contributed by atoms with Crippen molar-refractivity contribution in [3.8, 4) is 5.75 Å². The second kappa shape index (κ2) is 8.44. The Kier molecular flexibility index (Phi) is 6.57. The van der Waals surface area contributed by atoms with E-state index in [0.717, 1.165) is 31.9 Å². The number of amides is 1. The average molecular weight is 409 g/mol. The van der Waals surface area contributed by atoms with Crippen molar-refractivity contribution in [2.45, 2.75) is 33.6 Å². The Morgan fingerprint density at radius 2 is 2.17 bits per heavy atom. The lowest BCUT2D eigenvalue weighted by Crippen LogP contribution is -2.25. The molecule has 6 heteroatoms. The van der Waals surface area contributed by atoms with E-state index in [1.54, 1.807) is 11.3 Å². The van der Waals surface area contributed by atoms with Crippen molar-refractivity contribution in [1.82, 2.24) is 5.43 Å². The molecule has 1 amide bonds. The molecule has 4 nitrogen and oxygen atoms in total. The number of benzene rings is 1. The summed E-state index contributed by atoms with van der Waals surface area (Å²) in [4.78, 5) is 13.0. The fraction of sp³-hybridized carbons (Fsp3) is 0.333. The van der Waals surface area contributed by atoms with E-state index in [4.69, 9.17) is 4.74 Å². The van der Waals surface area contributed by atoms with Gasteiger partial charge in [-0.3, -0.25) is 4.79 Å². The lowest BCUT2D eigenvalue weighted by molar-refractivity contribution is -0.123. The summed E-state index contributed by atoms with van der Waals surface area (Å²) < 4.78 is 6.76. The van der Waals surface area contributed by atoms with E-state index in [2.05, 4.69) is 40.3 Å². The number of hydrazone groups is 1. The number of nitrogens with zero attached hydrogens (tertiary/aromatic N) is 1. The third-order valence-electron chi connectivity index (χ3n) is 3.50. The molecule has 1 aromatic carbocycles. The summed E-state index contributed by atoms with van der Waals surface area (Å²) in [5.74, 6) is 0.764. The van der Waals surface area contributed by atoms with E-state index < -0.39 is 0 Å². The summed E-state index contributed by atoms with van der Waals surface area (Å²) in [6.45, 7) is 7.98. The molecule has 0 saturated heterocycles. The Hall–Kier alpha value is -1.66. The standard InChI is InChI=1S/C18H21BrN2O2S/c1-11(2)14-9-15(19)12(3)8-16(14)23-10-18(22)21-20-13(4)17-6-5-7-24-17/h5-9,11H,10H2,1-4H3,(H,21,22)/b20-13+. The number of rotatable bonds is 6. The van der Waals surface area contributed by atoms with Gasteiger partial charge in [0.15, 0.2) is 6.61 Å². The summed E-state index contributed by atoms with van der Waals surface area (Å²) in [6, 6.07) is 7.91. The minimum absolute atomic E-state index is 0.0674. The lowest BCUT2D eigenvalue weighted by Gasteiger charge is -2.15. The van der Waals surface area contributed by atoms with Crippen molar-refractivity contribution in [2.24, 2.45) is 5.10 Å². The van der Waals surface area contributed by atoms with Crippen LogP contribution in [0.5, 0.6) is 5.75 Å². The highest BCUT2D eigenvalue weighted by Crippen LogP contribution is 2.32. The summed E-state index contributed by atoms with van der Waals surface area (Å²) in [7, 11) is 0. The van der Waals surface area contributed by atoms with Gasteiger partial charge in [0, 0.05) is 9.35 Å². The Bertz CT molecular complexity index is 740. The molecule has 128 valence electrons. The smallest absolute Gasteiger partial charge is 0.277 e. The number of halogens is 1. The van der Waals surface area contributed by atoms with Crippen LogP contribution in [0.15, 0.2) is 39.2 Å². The predicted octanol–water partition coefficient (Wildman–Crippen LogP) is 4.86. The summed E-state index contributed by atoms with van der Waals surface area (Å²) in [6.07, 6.45) is 0. The normalized spacial score (nSPS) is 11.7. The molecule has 0 saturated carbocycles. The van der Waals surface area contributed by atoms with Gasteiger partial charge in [0.1, 0.15) is 5.75 Å². The quantitative estimate of drug-likeness (QED) is 0.547. The summed E-state index contributed by atoms with van der Waals surface area (Å²) in [5, 5.41) is 6.08. The largest absolute Gasteiger partial charge is 0.483 e. The highest BCUT2D eigenvalue weighted by atomic mass is 79.9. The summed E-state index contributed by atoms with van der Waals surface area (Å²) in [5.41, 5.74) is 5.45. The highest BCUT2D eigenvalue weighted by Gasteiger charge is 2.12. The van der Waals surface area contributed by atoms with Crippen molar-refractivity contribution in [2.75, 3.05) is 6.61 Å². The zero-order chi connectivity index (χ0) is 17.7. The molecule has 0 aliphatic rings. The molecule has 0 radical (unpaired) electrons. The number of carbonyl (C=O) groups is 1. The van der Waals surface area contributed by atoms with Crippen LogP contribution in [-0.4, -0.2) is 18.2 Å². The first-order valence-electron chi connectivity index (χ1n) is 7.68. The van der Waals surface area contributed by atoms with Gasteiger partial charge in [0.2, 0.25) is 0 Å². The molecule has 0 spiro atoms. The number of nitrogens with one attached hydrogen (secondary N) is 1. The molecule has 0 aliphatic carbocycles. The van der Waals surface area contributed by atoms with Crippen molar-refractivity contribution in [3.05, 3.63) is 50.1 Å². The van der Waals surface area contributed by atoms with Gasteiger partial charge in [-0.25, -0.2) is 5.43 Å². The molecule has 1 N–H and O–H groups in total. The fourth-order valence-electron chi connectivity index (χ4n) is 2.11. The van der Waals surface area contributed by atoms with Crippen LogP contribution < -0.4 is 10.2 Å². The van der Waals surface area contributed by atoms with Crippen LogP contribution in [0.1, 0.15) is 42.7 Å². The molecule has 0 unspecified atom stereocenters. The molecule has 0 bridgehead atoms. The second-order valence-electron chi connectivity index (χ2n) is 5.79. The molecule has 24 heavy (non-hydrogen) atoms. The molecule has 0 aliphatic heterocycles. The van der Waals surface area contributed by atoms with E-state index >= 15 is 0 Å². The number of carbonyl (C=O) groups excluding carboxylic acids is 1. The van der Waals surface area contributed by atoms with Crippen molar-refractivity contribution in [1.29, 1.82) is 0 Å². The molecular weight excluding hydrogens is 388 g/mol. The molecule has 1 aromatic heterocycles. The van der Waals surface area contributed by atoms with E-state index in [0.29, 0.717) is 5.92 Å². The molecular formula is C18H21BrN2O2S. The van der Waals surface area contributed by atoms with Crippen molar-refractivity contribution >= 4 is 38.9 Å². The van der Waals surface area contributed by atoms with Gasteiger partial charge in [-0.15, -0.1) is 11.3 Å². The SMILES string of the molecule is C/C(=N\NC(=O)COc1cc(C)c(Br)cc1C(C)C)c1cccs1. The minimum atomic E-state index is -0.277. The number of hydrogen-bond acceptors (Lipinski definition) is 4. The first-order valence-corrected chi connectivity index (χ1v) is 9.35. The highest BCUT2D eigenvalue weighted by molar-refractivity contribution is 9.10. The average Bonchev–Trinajstić information content (AvgIpc) is 3.07. The first kappa shape index (κ1) is 18.7. The summed E-state index contributed by atoms with van der Waals surface area (Å²) >= 11 is 5.12. The first-order chi connectivity index (χ1) is 11.4. The Balaban J connectivity index is 1.99. The van der Waals surface area contributed by atoms with Crippen LogP contribution in [0.25, 0.3) is 0 Å². The van der Waals surface area contributed by atoms with Gasteiger partial charge in [-0.2, -0.15) is 5.10 Å². The van der Waals surface area contributed by atoms with Crippen LogP contribution in [0.4, 0.5) is 0 Å². The van der Waals surface area contributed by atoms with Gasteiger partial charge in [0.05, 0.1) is 5.71 Å². The third-order valence-corrected chi connectivity index (χ3v) is 5.33. The number of hydrogen-bond donors (Lipinski definition) is 1. The van der Waals surface area contributed by atoms with Gasteiger partial charge in [0.25, 0.3) is 5.91 Å². The topological polar surface area (TPSA) is 50.7 Å². The number of ether oxygens (including phenoxy) is 1. The fourth-order valence-corrected chi connectivity index (χ4v) is 3.15. The van der Waals surface area contributed by atoms with Crippen LogP contribution in [0.3, 0.4) is 0 Å². The van der Waals surface area contributed by atoms with Crippen LogP contribution >= 0.6 is 27.3 Å². The van der Waals surface area contributed by atoms with Crippen LogP contribution in [0, 0.1) is 6.92 Å². The Morgan fingerprint density at radius 3 is 2.79 bits per heavy atom. The maximum absolute atomic E-state index is 12.0. The zero-order valence-corrected chi connectivity index (χ0v) is 16.6. The van der Waals surface area contributed by atoms with Gasteiger partial charge < -0.3 is 4.74 Å². The van der Waals surface area contributed by atoms with E-state index in [9.17, 15) is 4.79 Å². The number of thiophene rings is 1. The van der Waals surface area contributed by atoms with Crippen molar-refractivity contribution < 1.29 is 9.53 Å². The molecule has 2 rings (SSSR count). The van der Waals surface area contributed by atoms with Gasteiger partial charge in [-0.05, 0) is 54.5 Å². The van der Waals surface area contributed by atoms with E-state index in [1.165, 1.54) is 0 Å². The Labute approximate surface area is 155 Å². The third kappa shape index (κ3) is 4.92. The molecule has 0 fully saturated rings. The molecule has 0 atom stereocenters. The maximum atomic E-state index is 12.0. The maximum Gasteiger partial charge on any atom is 0.277 e. The number of aryl methyl sites for hydroxylation is 1. The zero-order valence-electron chi connectivity index (χ0n) is 14.2. The van der Waals surface area contributed by atoms with E-state index in [-0.39, 0.29) is 12.5 Å². The molecule has 2 aromatic rings. The van der Waals surface area contributed by atoms with Gasteiger partial charge in [-0.1, -0.05) is 35.8 Å². The predicted molar refractivity (Wildman–Crippen MR) is 103 cm³/mol.